The lowest BCUT2D eigenvalue weighted by atomic mass is 9.97. The number of anilines is 1. The molecule has 0 saturated carbocycles. The van der Waals surface area contributed by atoms with Gasteiger partial charge in [-0.3, -0.25) is 14.4 Å². The maximum Gasteiger partial charge on any atom is 0.254 e. The molecule has 1 aromatic carbocycles. The first-order valence-corrected chi connectivity index (χ1v) is 9.22. The normalized spacial score (nSPS) is 20.0. The molecule has 1 atom stereocenters. The maximum absolute atomic E-state index is 12.6. The molecule has 3 rings (SSSR count). The zero-order valence-corrected chi connectivity index (χ0v) is 15.1. The lowest BCUT2D eigenvalue weighted by molar-refractivity contribution is -0.124. The Bertz CT molecular complexity index is 742. The highest BCUT2D eigenvalue weighted by Gasteiger charge is 2.32. The van der Waals surface area contributed by atoms with Crippen LogP contribution in [0.4, 0.5) is 5.69 Å². The number of benzene rings is 1. The molecule has 1 unspecified atom stereocenters. The van der Waals surface area contributed by atoms with E-state index in [0.29, 0.717) is 17.8 Å². The van der Waals surface area contributed by atoms with Crippen LogP contribution in [0.2, 0.25) is 0 Å². The summed E-state index contributed by atoms with van der Waals surface area (Å²) in [6, 6.07) is 6.20. The number of carbonyl (C=O) groups excluding carboxylic acids is 3. The third-order valence-corrected chi connectivity index (χ3v) is 4.88. The van der Waals surface area contributed by atoms with E-state index in [1.807, 2.05) is 0 Å². The second-order valence-corrected chi connectivity index (χ2v) is 6.84. The molecule has 1 aliphatic heterocycles. The van der Waals surface area contributed by atoms with E-state index in [0.717, 1.165) is 19.3 Å². The number of rotatable bonds is 5. The number of amides is 3. The summed E-state index contributed by atoms with van der Waals surface area (Å²) >= 11 is 0. The Labute approximate surface area is 153 Å². The van der Waals surface area contributed by atoms with Gasteiger partial charge in [0.2, 0.25) is 11.8 Å². The Balaban J connectivity index is 1.65. The molecule has 2 aliphatic rings. The van der Waals surface area contributed by atoms with E-state index >= 15 is 0 Å². The molecule has 1 aromatic rings. The van der Waals surface area contributed by atoms with Gasteiger partial charge in [0.05, 0.1) is 11.3 Å². The average molecular weight is 355 g/mol. The number of para-hydroxylation sites is 1. The SMILES string of the molecule is CC1NC(=O)c2ccccc2N(CC(=O)NCCC2=CCCCC2)C1=O. The number of hydrogen-bond acceptors (Lipinski definition) is 3. The molecule has 0 saturated heterocycles. The fraction of sp³-hybridized carbons (Fsp3) is 0.450. The highest BCUT2D eigenvalue weighted by molar-refractivity contribution is 6.12. The second-order valence-electron chi connectivity index (χ2n) is 6.84. The first-order valence-electron chi connectivity index (χ1n) is 9.22. The van der Waals surface area contributed by atoms with Crippen LogP contribution in [0.15, 0.2) is 35.9 Å². The minimum absolute atomic E-state index is 0.0891. The van der Waals surface area contributed by atoms with Crippen molar-refractivity contribution < 1.29 is 14.4 Å². The van der Waals surface area contributed by atoms with Crippen molar-refractivity contribution in [1.82, 2.24) is 10.6 Å². The Morgan fingerprint density at radius 1 is 1.27 bits per heavy atom. The van der Waals surface area contributed by atoms with Crippen molar-refractivity contribution in [2.24, 2.45) is 0 Å². The van der Waals surface area contributed by atoms with Crippen LogP contribution in [0.1, 0.15) is 49.4 Å². The monoisotopic (exact) mass is 355 g/mol. The molecule has 0 fully saturated rings. The van der Waals surface area contributed by atoms with Gasteiger partial charge in [-0.25, -0.2) is 0 Å². The maximum atomic E-state index is 12.6. The van der Waals surface area contributed by atoms with Crippen LogP contribution in [0, 0.1) is 0 Å². The van der Waals surface area contributed by atoms with Crippen molar-refractivity contribution >= 4 is 23.4 Å². The molecule has 0 radical (unpaired) electrons. The first-order chi connectivity index (χ1) is 12.6. The van der Waals surface area contributed by atoms with Gasteiger partial charge in [-0.1, -0.05) is 23.8 Å². The van der Waals surface area contributed by atoms with Gasteiger partial charge in [-0.05, 0) is 51.2 Å². The number of nitrogens with zero attached hydrogens (tertiary/aromatic N) is 1. The Hall–Kier alpha value is -2.63. The lowest BCUT2D eigenvalue weighted by Gasteiger charge is -2.23. The van der Waals surface area contributed by atoms with Crippen molar-refractivity contribution in [3.8, 4) is 0 Å². The molecule has 0 bridgehead atoms. The van der Waals surface area contributed by atoms with Crippen LogP contribution >= 0.6 is 0 Å². The molecular weight excluding hydrogens is 330 g/mol. The first kappa shape index (κ1) is 18.2. The van der Waals surface area contributed by atoms with Crippen LogP contribution in [0.25, 0.3) is 0 Å². The van der Waals surface area contributed by atoms with Crippen molar-refractivity contribution in [1.29, 1.82) is 0 Å². The summed E-state index contributed by atoms with van der Waals surface area (Å²) in [5.74, 6) is -0.798. The van der Waals surface area contributed by atoms with Gasteiger partial charge in [-0.2, -0.15) is 0 Å². The van der Waals surface area contributed by atoms with Crippen LogP contribution in [-0.2, 0) is 9.59 Å². The Kier molecular flexibility index (Phi) is 5.71. The molecule has 1 heterocycles. The number of nitrogens with one attached hydrogen (secondary N) is 2. The largest absolute Gasteiger partial charge is 0.354 e. The topological polar surface area (TPSA) is 78.5 Å². The summed E-state index contributed by atoms with van der Waals surface area (Å²) in [5, 5.41) is 5.56. The number of allylic oxidation sites excluding steroid dienone is 1. The van der Waals surface area contributed by atoms with Crippen molar-refractivity contribution in [3.63, 3.8) is 0 Å². The number of carbonyl (C=O) groups is 3. The van der Waals surface area contributed by atoms with E-state index in [2.05, 4.69) is 16.7 Å². The van der Waals surface area contributed by atoms with Crippen LogP contribution < -0.4 is 15.5 Å². The van der Waals surface area contributed by atoms with Gasteiger partial charge < -0.3 is 15.5 Å². The van der Waals surface area contributed by atoms with Gasteiger partial charge in [0, 0.05) is 6.54 Å². The molecule has 26 heavy (non-hydrogen) atoms. The van der Waals surface area contributed by atoms with Crippen molar-refractivity contribution in [2.75, 3.05) is 18.0 Å². The Morgan fingerprint density at radius 3 is 2.85 bits per heavy atom. The van der Waals surface area contributed by atoms with Gasteiger partial charge in [0.15, 0.2) is 0 Å². The predicted molar refractivity (Wildman–Crippen MR) is 99.9 cm³/mol. The van der Waals surface area contributed by atoms with E-state index in [9.17, 15) is 14.4 Å². The van der Waals surface area contributed by atoms with Crippen LogP contribution in [0.3, 0.4) is 0 Å². The van der Waals surface area contributed by atoms with E-state index in [1.165, 1.54) is 23.3 Å². The van der Waals surface area contributed by atoms with Crippen molar-refractivity contribution in [2.45, 2.75) is 45.1 Å². The minimum atomic E-state index is -0.671. The summed E-state index contributed by atoms with van der Waals surface area (Å²) in [4.78, 5) is 38.7. The van der Waals surface area contributed by atoms with E-state index in [-0.39, 0.29) is 24.3 Å². The van der Waals surface area contributed by atoms with E-state index in [4.69, 9.17) is 0 Å². The van der Waals surface area contributed by atoms with Gasteiger partial charge in [0.1, 0.15) is 12.6 Å². The molecule has 3 amide bonds. The molecule has 6 heteroatoms. The summed E-state index contributed by atoms with van der Waals surface area (Å²) in [6.07, 6.45) is 7.82. The van der Waals surface area contributed by atoms with Crippen molar-refractivity contribution in [3.05, 3.63) is 41.5 Å². The second kappa shape index (κ2) is 8.17. The summed E-state index contributed by atoms with van der Waals surface area (Å²) in [5.41, 5.74) is 2.28. The molecule has 1 aliphatic carbocycles. The predicted octanol–water partition coefficient (Wildman–Crippen LogP) is 2.16. The quantitative estimate of drug-likeness (QED) is 0.795. The fourth-order valence-electron chi connectivity index (χ4n) is 3.45. The van der Waals surface area contributed by atoms with Gasteiger partial charge in [-0.15, -0.1) is 0 Å². The highest BCUT2D eigenvalue weighted by atomic mass is 16.2. The van der Waals surface area contributed by atoms with E-state index in [1.54, 1.807) is 31.2 Å². The van der Waals surface area contributed by atoms with Crippen LogP contribution in [-0.4, -0.2) is 36.9 Å². The molecule has 6 nitrogen and oxygen atoms in total. The molecule has 2 N–H and O–H groups in total. The molecule has 0 spiro atoms. The standard InChI is InChI=1S/C20H25N3O3/c1-14-20(26)23(17-10-6-5-9-16(17)19(25)22-14)13-18(24)21-12-11-15-7-3-2-4-8-15/h5-7,9-10,14H,2-4,8,11-13H2,1H3,(H,21,24)(H,22,25). The van der Waals surface area contributed by atoms with Crippen LogP contribution in [0.5, 0.6) is 0 Å². The fourth-order valence-corrected chi connectivity index (χ4v) is 3.45. The highest BCUT2D eigenvalue weighted by Crippen LogP contribution is 2.24. The summed E-state index contributed by atoms with van der Waals surface area (Å²) < 4.78 is 0. The van der Waals surface area contributed by atoms with Gasteiger partial charge >= 0.3 is 0 Å². The number of fused-ring (bicyclic) bond motifs is 1. The zero-order valence-electron chi connectivity index (χ0n) is 15.1. The lowest BCUT2D eigenvalue weighted by Crippen LogP contribution is -2.47. The molecule has 0 aromatic heterocycles. The summed E-state index contributed by atoms with van der Waals surface area (Å²) in [7, 11) is 0. The average Bonchev–Trinajstić information content (AvgIpc) is 2.74. The molecule has 138 valence electrons. The third kappa shape index (κ3) is 4.12. The van der Waals surface area contributed by atoms with E-state index < -0.39 is 6.04 Å². The summed E-state index contributed by atoms with van der Waals surface area (Å²) in [6.45, 7) is 2.11. The Morgan fingerprint density at radius 2 is 2.08 bits per heavy atom. The zero-order chi connectivity index (χ0) is 18.5. The minimum Gasteiger partial charge on any atom is -0.354 e. The molecular formula is C20H25N3O3. The van der Waals surface area contributed by atoms with Gasteiger partial charge in [0.25, 0.3) is 5.91 Å². The number of hydrogen-bond donors (Lipinski definition) is 2. The third-order valence-electron chi connectivity index (χ3n) is 4.88. The smallest absolute Gasteiger partial charge is 0.254 e.